The van der Waals surface area contributed by atoms with Gasteiger partial charge in [-0.15, -0.1) is 0 Å². The number of carbonyl (C=O) groups excluding carboxylic acids is 1. The van der Waals surface area contributed by atoms with Crippen molar-refractivity contribution in [1.82, 2.24) is 29.8 Å². The molecule has 0 aliphatic carbocycles. The second-order valence-electron chi connectivity index (χ2n) is 6.99. The normalized spacial score (nSPS) is 11.7. The highest BCUT2D eigenvalue weighted by atomic mass is 79.9. The highest BCUT2D eigenvalue weighted by molar-refractivity contribution is 9.10. The van der Waals surface area contributed by atoms with Crippen LogP contribution < -0.4 is 5.73 Å². The minimum atomic E-state index is -0.437. The van der Waals surface area contributed by atoms with E-state index < -0.39 is 6.04 Å². The maximum atomic E-state index is 13.6. The van der Waals surface area contributed by atoms with Crippen molar-refractivity contribution in [1.29, 1.82) is 5.26 Å². The number of rotatable bonds is 5. The molecule has 0 aliphatic heterocycles. The minimum absolute atomic E-state index is 0.200. The van der Waals surface area contributed by atoms with E-state index in [1.54, 1.807) is 47.6 Å². The molecule has 32 heavy (non-hydrogen) atoms. The second kappa shape index (κ2) is 9.03. The maximum Gasteiger partial charge on any atom is 0.256 e. The lowest BCUT2D eigenvalue weighted by atomic mass is 10.1. The molecule has 158 valence electrons. The number of nitrogens with zero attached hydrogens (tertiary/aromatic N) is 7. The number of amides is 1. The Morgan fingerprint density at radius 3 is 2.66 bits per heavy atom. The van der Waals surface area contributed by atoms with Crippen LogP contribution in [0.2, 0.25) is 0 Å². The first kappa shape index (κ1) is 21.3. The molecule has 0 unspecified atom stereocenters. The number of pyridine rings is 3. The predicted molar refractivity (Wildman–Crippen MR) is 121 cm³/mol. The number of halogens is 1. The summed E-state index contributed by atoms with van der Waals surface area (Å²) >= 11 is 3.36. The number of nitriles is 1. The third kappa shape index (κ3) is 4.38. The number of nitrogens with two attached hydrogens (primary N) is 1. The van der Waals surface area contributed by atoms with Gasteiger partial charge in [-0.2, -0.15) is 5.26 Å². The van der Waals surface area contributed by atoms with Crippen LogP contribution in [-0.4, -0.2) is 35.7 Å². The van der Waals surface area contributed by atoms with E-state index in [-0.39, 0.29) is 12.5 Å². The summed E-state index contributed by atoms with van der Waals surface area (Å²) in [6.45, 7) is 2.05. The van der Waals surface area contributed by atoms with Crippen molar-refractivity contribution in [3.63, 3.8) is 0 Å². The van der Waals surface area contributed by atoms with E-state index in [4.69, 9.17) is 11.0 Å². The molecular formula is C22H17BrN8O. The molecule has 2 N–H and O–H groups in total. The average Bonchev–Trinajstić information content (AvgIpc) is 2.83. The molecule has 0 saturated carbocycles. The van der Waals surface area contributed by atoms with E-state index in [1.165, 1.54) is 12.4 Å². The molecule has 9 nitrogen and oxygen atoms in total. The lowest BCUT2D eigenvalue weighted by molar-refractivity contribution is 0.0663. The standard InChI is InChI=1S/C22H17BrN8O/c1-13(20-26-5-2-6-27-20)31(12-17-4-3-14(9-24)10-28-17)22(32)16-7-15-8-18(23)19(25)30-21(15)29-11-16/h2-8,10-11,13H,12H2,1H3,(H2,25,29,30)/t13-/m1/s1. The Balaban J connectivity index is 1.72. The van der Waals surface area contributed by atoms with Gasteiger partial charge in [0.05, 0.1) is 33.9 Å². The van der Waals surface area contributed by atoms with Crippen LogP contribution in [0.5, 0.6) is 0 Å². The van der Waals surface area contributed by atoms with Crippen LogP contribution in [0.1, 0.15) is 40.4 Å². The minimum Gasteiger partial charge on any atom is -0.383 e. The van der Waals surface area contributed by atoms with Gasteiger partial charge in [-0.05, 0) is 53.2 Å². The fraction of sp³-hybridized carbons (Fsp3) is 0.136. The monoisotopic (exact) mass is 488 g/mol. The van der Waals surface area contributed by atoms with Crippen molar-refractivity contribution in [3.05, 3.63) is 82.2 Å². The third-order valence-electron chi connectivity index (χ3n) is 4.87. The quantitative estimate of drug-likeness (QED) is 0.451. The summed E-state index contributed by atoms with van der Waals surface area (Å²) in [5.41, 5.74) is 7.73. The van der Waals surface area contributed by atoms with E-state index in [9.17, 15) is 4.79 Å². The van der Waals surface area contributed by atoms with Gasteiger partial charge in [0.2, 0.25) is 0 Å². The number of anilines is 1. The Kier molecular flexibility index (Phi) is 6.00. The first-order chi connectivity index (χ1) is 15.5. The Morgan fingerprint density at radius 2 is 1.97 bits per heavy atom. The highest BCUT2D eigenvalue weighted by Gasteiger charge is 2.26. The Labute approximate surface area is 192 Å². The summed E-state index contributed by atoms with van der Waals surface area (Å²) in [5, 5.41) is 9.69. The highest BCUT2D eigenvalue weighted by Crippen LogP contribution is 2.25. The molecule has 4 rings (SSSR count). The first-order valence-corrected chi connectivity index (χ1v) is 10.4. The molecular weight excluding hydrogens is 472 g/mol. The van der Waals surface area contributed by atoms with Crippen LogP contribution in [0, 0.1) is 11.3 Å². The lowest BCUT2D eigenvalue weighted by Gasteiger charge is -2.28. The molecule has 4 aromatic rings. The zero-order valence-electron chi connectivity index (χ0n) is 17.0. The first-order valence-electron chi connectivity index (χ1n) is 9.61. The van der Waals surface area contributed by atoms with Gasteiger partial charge in [0.25, 0.3) is 5.91 Å². The predicted octanol–water partition coefficient (Wildman–Crippen LogP) is 3.43. The van der Waals surface area contributed by atoms with Crippen LogP contribution in [0.3, 0.4) is 0 Å². The van der Waals surface area contributed by atoms with Crippen molar-refractivity contribution in [2.24, 2.45) is 0 Å². The van der Waals surface area contributed by atoms with Gasteiger partial charge in [0.15, 0.2) is 5.65 Å². The van der Waals surface area contributed by atoms with Crippen molar-refractivity contribution in [3.8, 4) is 6.07 Å². The van der Waals surface area contributed by atoms with E-state index in [1.807, 2.05) is 13.0 Å². The molecule has 0 fully saturated rings. The Hall–Kier alpha value is -3.97. The average molecular weight is 489 g/mol. The van der Waals surface area contributed by atoms with Crippen molar-refractivity contribution < 1.29 is 4.79 Å². The van der Waals surface area contributed by atoms with Crippen molar-refractivity contribution in [2.75, 3.05) is 5.73 Å². The van der Waals surface area contributed by atoms with Crippen LogP contribution in [0.4, 0.5) is 5.82 Å². The summed E-state index contributed by atoms with van der Waals surface area (Å²) in [6, 6.07) is 10.2. The number of carbonyl (C=O) groups is 1. The molecule has 1 amide bonds. The van der Waals surface area contributed by atoms with Crippen molar-refractivity contribution >= 4 is 38.7 Å². The molecule has 0 spiro atoms. The smallest absolute Gasteiger partial charge is 0.256 e. The zero-order valence-corrected chi connectivity index (χ0v) is 18.6. The maximum absolute atomic E-state index is 13.6. The van der Waals surface area contributed by atoms with Gasteiger partial charge in [0, 0.05) is 30.2 Å². The largest absolute Gasteiger partial charge is 0.383 e. The zero-order chi connectivity index (χ0) is 22.7. The summed E-state index contributed by atoms with van der Waals surface area (Å²) in [7, 11) is 0. The number of hydrogen-bond acceptors (Lipinski definition) is 8. The second-order valence-corrected chi connectivity index (χ2v) is 7.85. The van der Waals surface area contributed by atoms with Gasteiger partial charge in [0.1, 0.15) is 17.7 Å². The molecule has 0 radical (unpaired) electrons. The van der Waals surface area contributed by atoms with Crippen LogP contribution in [0.25, 0.3) is 11.0 Å². The molecule has 4 heterocycles. The van der Waals surface area contributed by atoms with Crippen LogP contribution in [0.15, 0.2) is 59.6 Å². The van der Waals surface area contributed by atoms with Crippen LogP contribution >= 0.6 is 15.9 Å². The number of hydrogen-bond donors (Lipinski definition) is 1. The summed E-state index contributed by atoms with van der Waals surface area (Å²) in [4.78, 5) is 36.6. The van der Waals surface area contributed by atoms with E-state index >= 15 is 0 Å². The summed E-state index contributed by atoms with van der Waals surface area (Å²) in [6.07, 6.45) is 6.22. The number of aromatic nitrogens is 5. The molecule has 0 aliphatic rings. The van der Waals surface area contributed by atoms with Gasteiger partial charge in [-0.3, -0.25) is 9.78 Å². The molecule has 0 aromatic carbocycles. The lowest BCUT2D eigenvalue weighted by Crippen LogP contribution is -2.34. The van der Waals surface area contributed by atoms with Gasteiger partial charge in [-0.25, -0.2) is 19.9 Å². The molecule has 1 atom stereocenters. The van der Waals surface area contributed by atoms with E-state index in [2.05, 4.69) is 40.8 Å². The summed E-state index contributed by atoms with van der Waals surface area (Å²) < 4.78 is 0.626. The molecule has 0 bridgehead atoms. The number of nitrogen functional groups attached to an aromatic ring is 1. The number of fused-ring (bicyclic) bond motifs is 1. The Bertz CT molecular complexity index is 1320. The SMILES string of the molecule is C[C@H](c1ncccn1)N(Cc1ccc(C#N)cn1)C(=O)c1cnc2nc(N)c(Br)cc2c1. The topological polar surface area (TPSA) is 135 Å². The van der Waals surface area contributed by atoms with Crippen molar-refractivity contribution in [2.45, 2.75) is 19.5 Å². The third-order valence-corrected chi connectivity index (χ3v) is 5.50. The fourth-order valence-corrected chi connectivity index (χ4v) is 3.48. The van der Waals surface area contributed by atoms with Gasteiger partial charge >= 0.3 is 0 Å². The molecule has 10 heteroatoms. The van der Waals surface area contributed by atoms with Gasteiger partial charge < -0.3 is 10.6 Å². The fourth-order valence-electron chi connectivity index (χ4n) is 3.14. The van der Waals surface area contributed by atoms with E-state index in [0.717, 1.165) is 0 Å². The summed E-state index contributed by atoms with van der Waals surface area (Å²) in [5.74, 6) is 0.561. The molecule has 4 aromatic heterocycles. The van der Waals surface area contributed by atoms with Gasteiger partial charge in [-0.1, -0.05) is 0 Å². The Morgan fingerprint density at radius 1 is 1.19 bits per heavy atom. The van der Waals surface area contributed by atoms with E-state index in [0.29, 0.717) is 44.0 Å². The molecule has 0 saturated heterocycles. The van der Waals surface area contributed by atoms with Crippen LogP contribution in [-0.2, 0) is 6.54 Å².